The molecule has 0 bridgehead atoms. The molecule has 0 atom stereocenters. The van der Waals surface area contributed by atoms with Gasteiger partial charge in [-0.05, 0) is 0 Å². The molecule has 0 aromatic rings. The van der Waals surface area contributed by atoms with E-state index in [1.54, 1.807) is 0 Å². The van der Waals surface area contributed by atoms with Crippen LogP contribution in [0, 0.1) is 0 Å². The van der Waals surface area contributed by atoms with Crippen LogP contribution in [0.1, 0.15) is 0 Å². The summed E-state index contributed by atoms with van der Waals surface area (Å²) in [4.78, 5) is 8.44. The molecule has 0 spiro atoms. The first-order valence-corrected chi connectivity index (χ1v) is 2.13. The van der Waals surface area contributed by atoms with E-state index < -0.39 is 6.16 Å². The molecule has 4 nitrogen and oxygen atoms in total. The fraction of sp³-hybridized carbons (Fsp3) is 0. The quantitative estimate of drug-likeness (QED) is 0.369. The molecule has 0 aliphatic carbocycles. The van der Waals surface area contributed by atoms with Crippen molar-refractivity contribution in [3.8, 4) is 0 Å². The normalized spacial score (nSPS) is 4.29. The van der Waals surface area contributed by atoms with E-state index in [4.69, 9.17) is 18.6 Å². The molecule has 6 heteroatoms. The predicted octanol–water partition coefficient (Wildman–Crippen LogP) is -4.23. The van der Waals surface area contributed by atoms with E-state index >= 15 is 0 Å². The Bertz CT molecular complexity index is 43.0. The first kappa shape index (κ1) is 15.6. The van der Waals surface area contributed by atoms with Crippen LogP contribution in [0.15, 0.2) is 0 Å². The van der Waals surface area contributed by atoms with Crippen LogP contribution < -0.4 is 34.7 Å². The molecule has 0 rings (SSSR count). The number of hydrogen-bond donors (Lipinski definition) is 1. The Morgan fingerprint density at radius 3 is 1.57 bits per heavy atom. The molecule has 7 heavy (non-hydrogen) atoms. The number of hydrogen-bond acceptors (Lipinski definition) is 3. The SMILES string of the molecule is O=C([O-])O.[Na+].[O]=[Zn]. The Labute approximate surface area is 72.1 Å². The monoisotopic (exact) mass is 164 g/mol. The first-order chi connectivity index (χ1) is 2.73. The number of rotatable bonds is 0. The molecule has 0 aliphatic rings. The Hall–Kier alpha value is 0.693. The van der Waals surface area contributed by atoms with E-state index in [1.807, 2.05) is 0 Å². The van der Waals surface area contributed by atoms with Crippen molar-refractivity contribution in [2.45, 2.75) is 0 Å². The van der Waals surface area contributed by atoms with Gasteiger partial charge in [0.25, 0.3) is 0 Å². The standard InChI is InChI=1S/CH2O3.Na.O.Zn/c2-1(3)4;;;/h(H2,2,3,4);;;/q;+1;;/p-1. The number of carboxylic acid groups (broad SMARTS) is 2. The second-order valence-electron chi connectivity index (χ2n) is 0.266. The second-order valence-corrected chi connectivity index (χ2v) is 0.266. The van der Waals surface area contributed by atoms with Crippen molar-refractivity contribution in [3.05, 3.63) is 0 Å². The van der Waals surface area contributed by atoms with Crippen molar-refractivity contribution in [1.29, 1.82) is 0 Å². The van der Waals surface area contributed by atoms with E-state index in [2.05, 4.69) is 0 Å². The summed E-state index contributed by atoms with van der Waals surface area (Å²) in [6.45, 7) is 0. The molecule has 0 aromatic carbocycles. The second kappa shape index (κ2) is 15.9. The summed E-state index contributed by atoms with van der Waals surface area (Å²) in [5.74, 6) is 0. The third kappa shape index (κ3) is 307. The molecule has 32 valence electrons. The van der Waals surface area contributed by atoms with Crippen LogP contribution in [0.3, 0.4) is 0 Å². The van der Waals surface area contributed by atoms with E-state index in [-0.39, 0.29) is 47.8 Å². The Balaban J connectivity index is -0.0000000480. The third-order valence-corrected chi connectivity index (χ3v) is 0. The maximum atomic E-state index is 8.44. The van der Waals surface area contributed by atoms with Gasteiger partial charge in [-0.15, -0.1) is 0 Å². The van der Waals surface area contributed by atoms with Crippen LogP contribution in [-0.2, 0) is 21.8 Å². The van der Waals surface area contributed by atoms with Crippen LogP contribution in [0.5, 0.6) is 0 Å². The Kier molecular flexibility index (Phi) is 35.6. The third-order valence-electron chi connectivity index (χ3n) is 0. The van der Waals surface area contributed by atoms with Crippen molar-refractivity contribution in [1.82, 2.24) is 0 Å². The number of carbonyl (C=O) groups is 1. The molecule has 0 aromatic heterocycles. The molecule has 0 amide bonds. The Morgan fingerprint density at radius 1 is 1.57 bits per heavy atom. The minimum absolute atomic E-state index is 0. The van der Waals surface area contributed by atoms with Crippen LogP contribution in [-0.4, -0.2) is 11.3 Å². The van der Waals surface area contributed by atoms with Crippen molar-refractivity contribution < 1.29 is 66.4 Å². The van der Waals surface area contributed by atoms with Crippen molar-refractivity contribution >= 4 is 6.16 Å². The summed E-state index contributed by atoms with van der Waals surface area (Å²) in [5, 5.41) is 15.3. The molecule has 0 aliphatic heterocycles. The molecule has 0 heterocycles. The molecule has 0 unspecified atom stereocenters. The first-order valence-electron chi connectivity index (χ1n) is 0.921. The van der Waals surface area contributed by atoms with Crippen LogP contribution >= 0.6 is 0 Å². The molecule has 1 N–H and O–H groups in total. The maximum absolute atomic E-state index is 8.44. The fourth-order valence-electron chi connectivity index (χ4n) is 0. The molecule has 0 fully saturated rings. The van der Waals surface area contributed by atoms with E-state index in [0.717, 1.165) is 0 Å². The summed E-state index contributed by atoms with van der Waals surface area (Å²) in [6.07, 6.45) is -2.08. The molecule has 0 saturated heterocycles. The van der Waals surface area contributed by atoms with Gasteiger partial charge in [0.2, 0.25) is 6.16 Å². The molecular weight excluding hydrogens is 164 g/mol. The molecular formula is CHNaO4Zn. The van der Waals surface area contributed by atoms with Gasteiger partial charge >= 0.3 is 51.4 Å². The summed E-state index contributed by atoms with van der Waals surface area (Å²) >= 11 is 0.125. The zero-order valence-electron chi connectivity index (χ0n) is 3.88. The Morgan fingerprint density at radius 2 is 1.57 bits per heavy atom. The van der Waals surface area contributed by atoms with Gasteiger partial charge in [-0.3, -0.25) is 0 Å². The van der Waals surface area contributed by atoms with Gasteiger partial charge in [-0.25, -0.2) is 0 Å². The van der Waals surface area contributed by atoms with E-state index in [1.165, 1.54) is 0 Å². The van der Waals surface area contributed by atoms with Gasteiger partial charge in [-0.2, -0.15) is 0 Å². The molecule has 0 saturated carbocycles. The van der Waals surface area contributed by atoms with Crippen molar-refractivity contribution in [2.75, 3.05) is 0 Å². The van der Waals surface area contributed by atoms with Gasteiger partial charge in [0.1, 0.15) is 0 Å². The fourth-order valence-corrected chi connectivity index (χ4v) is 0. The predicted molar refractivity (Wildman–Crippen MR) is 8.71 cm³/mol. The van der Waals surface area contributed by atoms with Gasteiger partial charge in [-0.1, -0.05) is 0 Å². The van der Waals surface area contributed by atoms with Gasteiger partial charge in [0.15, 0.2) is 0 Å². The van der Waals surface area contributed by atoms with Crippen LogP contribution in [0.2, 0.25) is 0 Å². The van der Waals surface area contributed by atoms with Gasteiger partial charge in [0.05, 0.1) is 0 Å². The average Bonchev–Trinajstić information content (AvgIpc) is 1.41. The van der Waals surface area contributed by atoms with Gasteiger partial charge < -0.3 is 15.0 Å². The van der Waals surface area contributed by atoms with Crippen LogP contribution in [0.25, 0.3) is 0 Å². The van der Waals surface area contributed by atoms with Gasteiger partial charge in [0, 0.05) is 0 Å². The van der Waals surface area contributed by atoms with E-state index in [0.29, 0.717) is 0 Å². The minimum atomic E-state index is -2.08. The van der Waals surface area contributed by atoms with Crippen molar-refractivity contribution in [2.24, 2.45) is 0 Å². The zero-order chi connectivity index (χ0) is 5.58. The summed E-state index contributed by atoms with van der Waals surface area (Å²) in [5.41, 5.74) is 0. The molecule has 0 radical (unpaired) electrons. The summed E-state index contributed by atoms with van der Waals surface area (Å²) < 4.78 is 8.38. The topological polar surface area (TPSA) is 77.4 Å². The zero-order valence-corrected chi connectivity index (χ0v) is 8.85. The summed E-state index contributed by atoms with van der Waals surface area (Å²) in [6, 6.07) is 0. The van der Waals surface area contributed by atoms with Crippen LogP contribution in [0.4, 0.5) is 4.79 Å². The summed E-state index contributed by atoms with van der Waals surface area (Å²) in [7, 11) is 0. The van der Waals surface area contributed by atoms with Crippen molar-refractivity contribution in [3.63, 3.8) is 0 Å². The average molecular weight is 165 g/mol. The van der Waals surface area contributed by atoms with E-state index in [9.17, 15) is 0 Å².